The van der Waals surface area contributed by atoms with Crippen molar-refractivity contribution in [3.05, 3.63) is 23.0 Å². The summed E-state index contributed by atoms with van der Waals surface area (Å²) in [4.78, 5) is 13.8. The Hall–Kier alpha value is -1.93. The quantitative estimate of drug-likeness (QED) is 0.859. The van der Waals surface area contributed by atoms with E-state index in [4.69, 9.17) is 5.11 Å². The van der Waals surface area contributed by atoms with E-state index in [9.17, 15) is 26.7 Å². The van der Waals surface area contributed by atoms with E-state index in [1.807, 2.05) is 0 Å². The average Bonchev–Trinajstić information content (AvgIpc) is 2.13. The van der Waals surface area contributed by atoms with Crippen LogP contribution in [0.3, 0.4) is 0 Å². The van der Waals surface area contributed by atoms with Crippen molar-refractivity contribution in [2.75, 3.05) is 0 Å². The second kappa shape index (κ2) is 4.75. The van der Waals surface area contributed by atoms with Crippen LogP contribution in [0.2, 0.25) is 0 Å². The van der Waals surface area contributed by atoms with E-state index in [2.05, 4.69) is 9.72 Å². The molecule has 1 rings (SSSR count). The maximum Gasteiger partial charge on any atom is 0.573 e. The standard InChI is InChI=1S/C9H6F5NO3/c1-3-5(7(10)11)4(18-9(12,13)14)2-15-6(3)8(16)17/h2,7H,1H3,(H,16,17). The molecule has 0 amide bonds. The third kappa shape index (κ3) is 3.05. The number of aromatic carboxylic acids is 1. The van der Waals surface area contributed by atoms with Gasteiger partial charge in [0.2, 0.25) is 0 Å². The lowest BCUT2D eigenvalue weighted by Gasteiger charge is -2.15. The van der Waals surface area contributed by atoms with Crippen LogP contribution in [-0.4, -0.2) is 22.4 Å². The number of pyridine rings is 1. The van der Waals surface area contributed by atoms with Gasteiger partial charge in [-0.1, -0.05) is 0 Å². The lowest BCUT2D eigenvalue weighted by molar-refractivity contribution is -0.275. The SMILES string of the molecule is Cc1c(C(=O)O)ncc(OC(F)(F)F)c1C(F)F. The maximum absolute atomic E-state index is 12.6. The van der Waals surface area contributed by atoms with Gasteiger partial charge in [-0.15, -0.1) is 13.2 Å². The Morgan fingerprint density at radius 1 is 1.44 bits per heavy atom. The minimum Gasteiger partial charge on any atom is -0.477 e. The summed E-state index contributed by atoms with van der Waals surface area (Å²) in [5.74, 6) is -2.83. The van der Waals surface area contributed by atoms with Gasteiger partial charge in [-0.25, -0.2) is 18.6 Å². The number of nitrogens with zero attached hydrogens (tertiary/aromatic N) is 1. The molecule has 1 N–H and O–H groups in total. The molecule has 0 aromatic carbocycles. The molecule has 0 aliphatic rings. The minimum atomic E-state index is -5.16. The lowest BCUT2D eigenvalue weighted by atomic mass is 10.1. The number of alkyl halides is 5. The highest BCUT2D eigenvalue weighted by Gasteiger charge is 2.34. The smallest absolute Gasteiger partial charge is 0.477 e. The zero-order chi connectivity index (χ0) is 14.1. The Bertz CT molecular complexity index is 472. The van der Waals surface area contributed by atoms with Gasteiger partial charge in [-0.2, -0.15) is 0 Å². The van der Waals surface area contributed by atoms with Crippen molar-refractivity contribution >= 4 is 5.97 Å². The van der Waals surface area contributed by atoms with Crippen LogP contribution in [0.4, 0.5) is 22.0 Å². The molecule has 0 saturated carbocycles. The van der Waals surface area contributed by atoms with Gasteiger partial charge in [0.25, 0.3) is 6.43 Å². The molecule has 0 aliphatic carbocycles. The first-order valence-electron chi connectivity index (χ1n) is 4.40. The largest absolute Gasteiger partial charge is 0.573 e. The van der Waals surface area contributed by atoms with Crippen molar-refractivity contribution in [1.29, 1.82) is 0 Å². The molecule has 0 saturated heterocycles. The molecular weight excluding hydrogens is 265 g/mol. The van der Waals surface area contributed by atoms with Crippen LogP contribution in [0.25, 0.3) is 0 Å². The number of carbonyl (C=O) groups is 1. The predicted molar refractivity (Wildman–Crippen MR) is 47.6 cm³/mol. The Balaban J connectivity index is 3.37. The molecule has 0 bridgehead atoms. The summed E-state index contributed by atoms with van der Waals surface area (Å²) >= 11 is 0. The van der Waals surface area contributed by atoms with E-state index in [-0.39, 0.29) is 0 Å². The zero-order valence-corrected chi connectivity index (χ0v) is 8.76. The number of hydrogen-bond donors (Lipinski definition) is 1. The predicted octanol–water partition coefficient (Wildman–Crippen LogP) is 2.92. The highest BCUT2D eigenvalue weighted by Crippen LogP contribution is 2.35. The van der Waals surface area contributed by atoms with Crippen LogP contribution in [0.5, 0.6) is 5.75 Å². The first kappa shape index (κ1) is 14.1. The van der Waals surface area contributed by atoms with Crippen LogP contribution in [0, 0.1) is 6.92 Å². The summed E-state index contributed by atoms with van der Waals surface area (Å²) in [6, 6.07) is 0. The molecule has 100 valence electrons. The molecule has 1 heterocycles. The van der Waals surface area contributed by atoms with Crippen molar-refractivity contribution < 1.29 is 36.6 Å². The van der Waals surface area contributed by atoms with E-state index < -0.39 is 41.3 Å². The number of ether oxygens (including phenoxy) is 1. The summed E-state index contributed by atoms with van der Waals surface area (Å²) in [5.41, 5.74) is -2.46. The topological polar surface area (TPSA) is 59.4 Å². The number of aromatic nitrogens is 1. The van der Waals surface area contributed by atoms with Gasteiger partial charge in [-0.3, -0.25) is 0 Å². The molecule has 18 heavy (non-hydrogen) atoms. The summed E-state index contributed by atoms with van der Waals surface area (Å²) < 4.78 is 64.5. The van der Waals surface area contributed by atoms with Crippen molar-refractivity contribution in [1.82, 2.24) is 4.98 Å². The van der Waals surface area contributed by atoms with Gasteiger partial charge in [0.1, 0.15) is 0 Å². The highest BCUT2D eigenvalue weighted by atomic mass is 19.4. The average molecular weight is 271 g/mol. The molecule has 1 aromatic rings. The van der Waals surface area contributed by atoms with E-state index >= 15 is 0 Å². The lowest BCUT2D eigenvalue weighted by Crippen LogP contribution is -2.19. The van der Waals surface area contributed by atoms with Gasteiger partial charge in [-0.05, 0) is 12.5 Å². The summed E-state index contributed by atoms with van der Waals surface area (Å²) in [7, 11) is 0. The van der Waals surface area contributed by atoms with Crippen LogP contribution >= 0.6 is 0 Å². The molecule has 0 unspecified atom stereocenters. The molecule has 0 atom stereocenters. The Morgan fingerprint density at radius 2 is 2.00 bits per heavy atom. The number of halogens is 5. The van der Waals surface area contributed by atoms with Crippen LogP contribution in [-0.2, 0) is 0 Å². The van der Waals surface area contributed by atoms with Crippen LogP contribution < -0.4 is 4.74 Å². The summed E-state index contributed by atoms with van der Waals surface area (Å²) in [6.45, 7) is 0.932. The highest BCUT2D eigenvalue weighted by molar-refractivity contribution is 5.87. The second-order valence-electron chi connectivity index (χ2n) is 3.16. The Kier molecular flexibility index (Phi) is 3.73. The van der Waals surface area contributed by atoms with E-state index in [0.29, 0.717) is 6.20 Å². The van der Waals surface area contributed by atoms with Crippen molar-refractivity contribution in [3.63, 3.8) is 0 Å². The fraction of sp³-hybridized carbons (Fsp3) is 0.333. The Labute approximate surface area is 97.0 Å². The number of carboxylic acids is 1. The molecule has 0 radical (unpaired) electrons. The normalized spacial score (nSPS) is 11.7. The summed E-state index contributed by atoms with van der Waals surface area (Å²) in [6.07, 6.45) is -8.17. The van der Waals surface area contributed by atoms with Gasteiger partial charge in [0.15, 0.2) is 11.4 Å². The summed E-state index contributed by atoms with van der Waals surface area (Å²) in [5, 5.41) is 8.62. The second-order valence-corrected chi connectivity index (χ2v) is 3.16. The molecule has 4 nitrogen and oxygen atoms in total. The third-order valence-electron chi connectivity index (χ3n) is 1.98. The zero-order valence-electron chi connectivity index (χ0n) is 8.76. The van der Waals surface area contributed by atoms with Crippen molar-refractivity contribution in [2.24, 2.45) is 0 Å². The first-order valence-corrected chi connectivity index (χ1v) is 4.40. The number of hydrogen-bond acceptors (Lipinski definition) is 3. The molecule has 1 aromatic heterocycles. The van der Waals surface area contributed by atoms with Crippen LogP contribution in [0.1, 0.15) is 28.0 Å². The monoisotopic (exact) mass is 271 g/mol. The van der Waals surface area contributed by atoms with Gasteiger partial charge in [0, 0.05) is 0 Å². The van der Waals surface area contributed by atoms with E-state index in [1.165, 1.54) is 0 Å². The molecule has 0 fully saturated rings. The third-order valence-corrected chi connectivity index (χ3v) is 1.98. The van der Waals surface area contributed by atoms with Gasteiger partial charge < -0.3 is 9.84 Å². The number of carboxylic acid groups (broad SMARTS) is 1. The fourth-order valence-corrected chi connectivity index (χ4v) is 1.29. The molecular formula is C9H6F5NO3. The molecule has 0 aliphatic heterocycles. The Morgan fingerprint density at radius 3 is 2.39 bits per heavy atom. The molecule has 0 spiro atoms. The maximum atomic E-state index is 12.6. The van der Waals surface area contributed by atoms with E-state index in [1.54, 1.807) is 0 Å². The van der Waals surface area contributed by atoms with Gasteiger partial charge in [0.05, 0.1) is 11.8 Å². The van der Waals surface area contributed by atoms with E-state index in [0.717, 1.165) is 6.92 Å². The van der Waals surface area contributed by atoms with Gasteiger partial charge >= 0.3 is 12.3 Å². The number of rotatable bonds is 3. The van der Waals surface area contributed by atoms with Crippen molar-refractivity contribution in [2.45, 2.75) is 19.7 Å². The minimum absolute atomic E-state index is 0.311. The fourth-order valence-electron chi connectivity index (χ4n) is 1.29. The first-order chi connectivity index (χ1) is 8.13. The van der Waals surface area contributed by atoms with Crippen LogP contribution in [0.15, 0.2) is 6.20 Å². The van der Waals surface area contributed by atoms with Crippen molar-refractivity contribution in [3.8, 4) is 5.75 Å². The molecule has 9 heteroatoms.